The Morgan fingerprint density at radius 3 is 2.36 bits per heavy atom. The average molecular weight is 217 g/mol. The van der Waals surface area contributed by atoms with Crippen molar-refractivity contribution in [2.45, 2.75) is 51.2 Å². The summed E-state index contributed by atoms with van der Waals surface area (Å²) in [6, 6.07) is 0. The standard InChI is InChI=1S/C10H19NO2S/c1-9(2,3)13-8(12)11-10(7-14)5-4-6-10/h14H,4-7H2,1-3H3,(H,11,12). The van der Waals surface area contributed by atoms with Gasteiger partial charge in [-0.15, -0.1) is 0 Å². The molecule has 1 fully saturated rings. The third kappa shape index (κ3) is 3.08. The van der Waals surface area contributed by atoms with Gasteiger partial charge in [-0.3, -0.25) is 0 Å². The Morgan fingerprint density at radius 1 is 1.50 bits per heavy atom. The molecule has 0 aromatic rings. The number of hydrogen-bond acceptors (Lipinski definition) is 3. The number of nitrogens with one attached hydrogen (secondary N) is 1. The van der Waals surface area contributed by atoms with Gasteiger partial charge < -0.3 is 10.1 Å². The van der Waals surface area contributed by atoms with Crippen LogP contribution in [-0.2, 0) is 4.74 Å². The molecule has 82 valence electrons. The van der Waals surface area contributed by atoms with Crippen molar-refractivity contribution in [2.24, 2.45) is 0 Å². The van der Waals surface area contributed by atoms with Crippen molar-refractivity contribution < 1.29 is 9.53 Å². The molecule has 0 saturated heterocycles. The molecule has 0 aromatic heterocycles. The van der Waals surface area contributed by atoms with Crippen molar-refractivity contribution in [3.05, 3.63) is 0 Å². The maximum Gasteiger partial charge on any atom is 0.408 e. The minimum Gasteiger partial charge on any atom is -0.444 e. The number of rotatable bonds is 2. The van der Waals surface area contributed by atoms with Gasteiger partial charge in [0.15, 0.2) is 0 Å². The van der Waals surface area contributed by atoms with Gasteiger partial charge in [-0.1, -0.05) is 0 Å². The number of carbonyl (C=O) groups is 1. The lowest BCUT2D eigenvalue weighted by Crippen LogP contribution is -2.56. The molecule has 1 N–H and O–H groups in total. The van der Waals surface area contributed by atoms with Crippen molar-refractivity contribution in [2.75, 3.05) is 5.75 Å². The highest BCUT2D eigenvalue weighted by Gasteiger charge is 2.38. The molecule has 1 rings (SSSR count). The van der Waals surface area contributed by atoms with Gasteiger partial charge in [-0.2, -0.15) is 12.6 Å². The average Bonchev–Trinajstić information content (AvgIpc) is 1.93. The van der Waals surface area contributed by atoms with Gasteiger partial charge >= 0.3 is 6.09 Å². The van der Waals surface area contributed by atoms with Crippen LogP contribution in [0.1, 0.15) is 40.0 Å². The zero-order valence-corrected chi connectivity index (χ0v) is 9.99. The van der Waals surface area contributed by atoms with Crippen LogP contribution in [0.5, 0.6) is 0 Å². The van der Waals surface area contributed by atoms with Crippen molar-refractivity contribution in [1.29, 1.82) is 0 Å². The first-order valence-corrected chi connectivity index (χ1v) is 5.62. The van der Waals surface area contributed by atoms with Crippen LogP contribution in [0.3, 0.4) is 0 Å². The van der Waals surface area contributed by atoms with Crippen LogP contribution in [0.4, 0.5) is 4.79 Å². The molecule has 4 heteroatoms. The molecule has 3 nitrogen and oxygen atoms in total. The minimum absolute atomic E-state index is 0.106. The summed E-state index contributed by atoms with van der Waals surface area (Å²) in [6.45, 7) is 5.59. The summed E-state index contributed by atoms with van der Waals surface area (Å²) in [7, 11) is 0. The molecular formula is C10H19NO2S. The first-order valence-electron chi connectivity index (χ1n) is 4.99. The van der Waals surface area contributed by atoms with Crippen molar-refractivity contribution in [3.8, 4) is 0 Å². The highest BCUT2D eigenvalue weighted by atomic mass is 32.1. The smallest absolute Gasteiger partial charge is 0.408 e. The summed E-state index contributed by atoms with van der Waals surface area (Å²) in [5.74, 6) is 0.687. The Balaban J connectivity index is 2.40. The highest BCUT2D eigenvalue weighted by Crippen LogP contribution is 2.32. The van der Waals surface area contributed by atoms with E-state index < -0.39 is 5.60 Å². The fourth-order valence-corrected chi connectivity index (χ4v) is 1.84. The maximum atomic E-state index is 11.5. The van der Waals surface area contributed by atoms with Crippen LogP contribution in [0.25, 0.3) is 0 Å². The Labute approximate surface area is 91.0 Å². The fourth-order valence-electron chi connectivity index (χ4n) is 1.45. The Bertz CT molecular complexity index is 213. The predicted octanol–water partition coefficient (Wildman–Crippen LogP) is 2.36. The summed E-state index contributed by atoms with van der Waals surface area (Å²) in [5.41, 5.74) is -0.531. The second-order valence-electron chi connectivity index (χ2n) is 4.92. The van der Waals surface area contributed by atoms with Crippen LogP contribution in [-0.4, -0.2) is 23.0 Å². The van der Waals surface area contributed by atoms with Gasteiger partial charge in [0.1, 0.15) is 5.60 Å². The molecule has 0 aromatic carbocycles. The summed E-state index contributed by atoms with van der Waals surface area (Å²) < 4.78 is 5.19. The second-order valence-corrected chi connectivity index (χ2v) is 5.24. The highest BCUT2D eigenvalue weighted by molar-refractivity contribution is 7.80. The van der Waals surface area contributed by atoms with E-state index in [2.05, 4.69) is 17.9 Å². The largest absolute Gasteiger partial charge is 0.444 e. The molecule has 0 aliphatic heterocycles. The van der Waals surface area contributed by atoms with E-state index in [0.717, 1.165) is 19.3 Å². The van der Waals surface area contributed by atoms with Crippen molar-refractivity contribution in [1.82, 2.24) is 5.32 Å². The van der Waals surface area contributed by atoms with E-state index in [9.17, 15) is 4.79 Å². The maximum absolute atomic E-state index is 11.5. The van der Waals surface area contributed by atoms with E-state index in [1.807, 2.05) is 20.8 Å². The van der Waals surface area contributed by atoms with Gasteiger partial charge in [-0.05, 0) is 40.0 Å². The third-order valence-electron chi connectivity index (χ3n) is 2.38. The van der Waals surface area contributed by atoms with E-state index in [1.54, 1.807) is 0 Å². The number of amides is 1. The zero-order chi connectivity index (χ0) is 10.8. The van der Waals surface area contributed by atoms with Crippen LogP contribution in [0, 0.1) is 0 Å². The van der Waals surface area contributed by atoms with E-state index in [0.29, 0.717) is 5.75 Å². The normalized spacial score (nSPS) is 19.7. The Kier molecular flexibility index (Phi) is 3.35. The summed E-state index contributed by atoms with van der Waals surface area (Å²) >= 11 is 4.25. The van der Waals surface area contributed by atoms with Crippen LogP contribution >= 0.6 is 12.6 Å². The Hall–Kier alpha value is -0.380. The molecule has 1 amide bonds. The first-order chi connectivity index (χ1) is 6.37. The second kappa shape index (κ2) is 4.01. The van der Waals surface area contributed by atoms with Gasteiger partial charge in [0, 0.05) is 5.75 Å². The SMILES string of the molecule is CC(C)(C)OC(=O)NC1(CS)CCC1. The molecule has 0 bridgehead atoms. The van der Waals surface area contributed by atoms with Crippen molar-refractivity contribution >= 4 is 18.7 Å². The lowest BCUT2D eigenvalue weighted by molar-refractivity contribution is 0.0410. The molecular weight excluding hydrogens is 198 g/mol. The van der Waals surface area contributed by atoms with Gasteiger partial charge in [-0.25, -0.2) is 4.79 Å². The quantitative estimate of drug-likeness (QED) is 0.697. The van der Waals surface area contributed by atoms with E-state index >= 15 is 0 Å². The molecule has 1 aliphatic rings. The fraction of sp³-hybridized carbons (Fsp3) is 0.900. The number of hydrogen-bond donors (Lipinski definition) is 2. The third-order valence-corrected chi connectivity index (χ3v) is 2.98. The molecule has 14 heavy (non-hydrogen) atoms. The molecule has 1 saturated carbocycles. The predicted molar refractivity (Wildman–Crippen MR) is 59.8 cm³/mol. The summed E-state index contributed by atoms with van der Waals surface area (Å²) in [6.07, 6.45) is 2.85. The molecule has 1 aliphatic carbocycles. The molecule has 0 unspecified atom stereocenters. The van der Waals surface area contributed by atoms with Gasteiger partial charge in [0.25, 0.3) is 0 Å². The molecule has 0 atom stereocenters. The zero-order valence-electron chi connectivity index (χ0n) is 9.09. The van der Waals surface area contributed by atoms with Crippen LogP contribution < -0.4 is 5.32 Å². The van der Waals surface area contributed by atoms with E-state index in [1.165, 1.54) is 0 Å². The number of carbonyl (C=O) groups excluding carboxylic acids is 1. The van der Waals surface area contributed by atoms with Crippen LogP contribution in [0.2, 0.25) is 0 Å². The van der Waals surface area contributed by atoms with Crippen molar-refractivity contribution in [3.63, 3.8) is 0 Å². The Morgan fingerprint density at radius 2 is 2.07 bits per heavy atom. The first kappa shape index (κ1) is 11.7. The van der Waals surface area contributed by atoms with E-state index in [-0.39, 0.29) is 11.6 Å². The van der Waals surface area contributed by atoms with Crippen LogP contribution in [0.15, 0.2) is 0 Å². The number of ether oxygens (including phenoxy) is 1. The summed E-state index contributed by atoms with van der Waals surface area (Å²) in [5, 5.41) is 2.90. The minimum atomic E-state index is -0.425. The number of thiol groups is 1. The molecule has 0 spiro atoms. The number of alkyl carbamates (subject to hydrolysis) is 1. The molecule has 0 radical (unpaired) electrons. The van der Waals surface area contributed by atoms with Gasteiger partial charge in [0.2, 0.25) is 0 Å². The lowest BCUT2D eigenvalue weighted by atomic mass is 9.78. The monoisotopic (exact) mass is 217 g/mol. The lowest BCUT2D eigenvalue weighted by Gasteiger charge is -2.41. The topological polar surface area (TPSA) is 38.3 Å². The summed E-state index contributed by atoms with van der Waals surface area (Å²) in [4.78, 5) is 11.5. The molecule has 0 heterocycles. The van der Waals surface area contributed by atoms with E-state index in [4.69, 9.17) is 4.74 Å². The van der Waals surface area contributed by atoms with Gasteiger partial charge in [0.05, 0.1) is 5.54 Å².